The van der Waals surface area contributed by atoms with Gasteiger partial charge in [-0.15, -0.1) is 0 Å². The second-order valence-corrected chi connectivity index (χ2v) is 4.58. The maximum Gasteiger partial charge on any atom is 0.138 e. The summed E-state index contributed by atoms with van der Waals surface area (Å²) in [6.07, 6.45) is 5.08. The van der Waals surface area contributed by atoms with Crippen LogP contribution in [-0.4, -0.2) is 38.6 Å². The molecule has 16 heavy (non-hydrogen) atoms. The predicted octanol–water partition coefficient (Wildman–Crippen LogP) is 0.345. The average Bonchev–Trinajstić information content (AvgIpc) is 2.67. The Kier molecular flexibility index (Phi) is 3.56. The number of nitrogens with zero attached hydrogens (tertiary/aromatic N) is 3. The summed E-state index contributed by atoms with van der Waals surface area (Å²) < 4.78 is 1.90. The third kappa shape index (κ3) is 2.59. The monoisotopic (exact) mass is 224 g/mol. The summed E-state index contributed by atoms with van der Waals surface area (Å²) in [5, 5.41) is 17.8. The van der Waals surface area contributed by atoms with E-state index in [0.717, 1.165) is 38.2 Å². The lowest BCUT2D eigenvalue weighted by Crippen LogP contribution is -2.47. The Hall–Kier alpha value is -0.940. The predicted molar refractivity (Wildman–Crippen MR) is 61.1 cm³/mol. The lowest BCUT2D eigenvalue weighted by molar-refractivity contribution is 0.0142. The summed E-state index contributed by atoms with van der Waals surface area (Å²) in [5.41, 5.74) is -0.642. The molecular formula is C11H20N4O. The SMILES string of the molecule is CCCn1ncnc1CC1(O)CCCNC1. The van der Waals surface area contributed by atoms with Crippen molar-refractivity contribution in [3.63, 3.8) is 0 Å². The van der Waals surface area contributed by atoms with Gasteiger partial charge in [-0.1, -0.05) is 6.92 Å². The molecule has 0 saturated carbocycles. The molecule has 1 unspecified atom stereocenters. The standard InChI is InChI=1S/C11H20N4O/c1-2-6-15-10(13-9-14-15)7-11(16)4-3-5-12-8-11/h9,12,16H,2-8H2,1H3. The van der Waals surface area contributed by atoms with E-state index >= 15 is 0 Å². The van der Waals surface area contributed by atoms with Crippen LogP contribution in [0, 0.1) is 0 Å². The van der Waals surface area contributed by atoms with Crippen molar-refractivity contribution in [2.75, 3.05) is 13.1 Å². The van der Waals surface area contributed by atoms with Crippen LogP contribution in [0.15, 0.2) is 6.33 Å². The Labute approximate surface area is 95.9 Å². The summed E-state index contributed by atoms with van der Waals surface area (Å²) in [6.45, 7) is 4.65. The molecule has 90 valence electrons. The Bertz CT molecular complexity index is 330. The number of β-amino-alcohol motifs (C(OH)–C–C–N with tert-alkyl or cyclic N) is 1. The average molecular weight is 224 g/mol. The smallest absolute Gasteiger partial charge is 0.138 e. The van der Waals surface area contributed by atoms with Gasteiger partial charge in [-0.2, -0.15) is 5.10 Å². The van der Waals surface area contributed by atoms with Gasteiger partial charge in [-0.25, -0.2) is 4.98 Å². The highest BCUT2D eigenvalue weighted by atomic mass is 16.3. The molecule has 0 spiro atoms. The molecule has 1 atom stereocenters. The number of hydrogen-bond acceptors (Lipinski definition) is 4. The molecule has 0 aliphatic carbocycles. The molecule has 1 saturated heterocycles. The third-order valence-electron chi connectivity index (χ3n) is 3.07. The highest BCUT2D eigenvalue weighted by Gasteiger charge is 2.31. The van der Waals surface area contributed by atoms with Gasteiger partial charge < -0.3 is 10.4 Å². The van der Waals surface area contributed by atoms with Crippen molar-refractivity contribution in [3.8, 4) is 0 Å². The second-order valence-electron chi connectivity index (χ2n) is 4.58. The lowest BCUT2D eigenvalue weighted by atomic mass is 9.90. The van der Waals surface area contributed by atoms with Gasteiger partial charge in [0, 0.05) is 19.5 Å². The van der Waals surface area contributed by atoms with Crippen LogP contribution in [0.4, 0.5) is 0 Å². The fourth-order valence-electron chi connectivity index (χ4n) is 2.22. The molecule has 0 bridgehead atoms. The van der Waals surface area contributed by atoms with E-state index in [4.69, 9.17) is 0 Å². The zero-order chi connectivity index (χ0) is 11.4. The molecule has 1 aromatic rings. The summed E-state index contributed by atoms with van der Waals surface area (Å²) in [6, 6.07) is 0. The molecule has 5 heteroatoms. The van der Waals surface area contributed by atoms with Crippen molar-refractivity contribution in [2.45, 2.75) is 44.8 Å². The first-order valence-electron chi connectivity index (χ1n) is 6.03. The van der Waals surface area contributed by atoms with Crippen molar-refractivity contribution in [3.05, 3.63) is 12.2 Å². The van der Waals surface area contributed by atoms with Gasteiger partial charge in [-0.05, 0) is 25.8 Å². The van der Waals surface area contributed by atoms with E-state index in [2.05, 4.69) is 22.3 Å². The highest BCUT2D eigenvalue weighted by molar-refractivity contribution is 4.97. The normalized spacial score (nSPS) is 25.9. The van der Waals surface area contributed by atoms with Crippen LogP contribution < -0.4 is 5.32 Å². The van der Waals surface area contributed by atoms with Crippen LogP contribution in [0.5, 0.6) is 0 Å². The topological polar surface area (TPSA) is 63.0 Å². The molecule has 1 aromatic heterocycles. The highest BCUT2D eigenvalue weighted by Crippen LogP contribution is 2.20. The van der Waals surface area contributed by atoms with Crippen molar-refractivity contribution in [2.24, 2.45) is 0 Å². The second kappa shape index (κ2) is 4.93. The van der Waals surface area contributed by atoms with E-state index < -0.39 is 5.60 Å². The van der Waals surface area contributed by atoms with Crippen molar-refractivity contribution in [1.29, 1.82) is 0 Å². The summed E-state index contributed by atoms with van der Waals surface area (Å²) in [7, 11) is 0. The molecule has 5 nitrogen and oxygen atoms in total. The van der Waals surface area contributed by atoms with E-state index in [1.54, 1.807) is 6.33 Å². The van der Waals surface area contributed by atoms with Crippen LogP contribution in [0.25, 0.3) is 0 Å². The van der Waals surface area contributed by atoms with E-state index in [1.165, 1.54) is 0 Å². The first kappa shape index (κ1) is 11.5. The maximum absolute atomic E-state index is 10.4. The molecule has 2 heterocycles. The number of aryl methyl sites for hydroxylation is 1. The van der Waals surface area contributed by atoms with Crippen LogP contribution in [0.3, 0.4) is 0 Å². The minimum absolute atomic E-state index is 0.597. The number of aliphatic hydroxyl groups is 1. The van der Waals surface area contributed by atoms with Gasteiger partial charge in [0.15, 0.2) is 0 Å². The molecular weight excluding hydrogens is 204 g/mol. The summed E-state index contributed by atoms with van der Waals surface area (Å²) in [5.74, 6) is 0.896. The van der Waals surface area contributed by atoms with E-state index in [0.29, 0.717) is 13.0 Å². The van der Waals surface area contributed by atoms with Crippen LogP contribution >= 0.6 is 0 Å². The first-order chi connectivity index (χ1) is 7.73. The third-order valence-corrected chi connectivity index (χ3v) is 3.07. The molecule has 0 amide bonds. The van der Waals surface area contributed by atoms with Gasteiger partial charge >= 0.3 is 0 Å². The van der Waals surface area contributed by atoms with Gasteiger partial charge in [-0.3, -0.25) is 4.68 Å². The van der Waals surface area contributed by atoms with Crippen LogP contribution in [0.2, 0.25) is 0 Å². The fourth-order valence-corrected chi connectivity index (χ4v) is 2.22. The van der Waals surface area contributed by atoms with Gasteiger partial charge in [0.2, 0.25) is 0 Å². The number of aromatic nitrogens is 3. The minimum Gasteiger partial charge on any atom is -0.388 e. The Morgan fingerprint density at radius 3 is 3.19 bits per heavy atom. The van der Waals surface area contributed by atoms with Crippen molar-refractivity contribution in [1.82, 2.24) is 20.1 Å². The Morgan fingerprint density at radius 1 is 1.62 bits per heavy atom. The number of nitrogens with one attached hydrogen (secondary N) is 1. The largest absolute Gasteiger partial charge is 0.388 e. The lowest BCUT2D eigenvalue weighted by Gasteiger charge is -2.32. The quantitative estimate of drug-likeness (QED) is 0.774. The zero-order valence-corrected chi connectivity index (χ0v) is 9.82. The van der Waals surface area contributed by atoms with Crippen molar-refractivity contribution >= 4 is 0 Å². The van der Waals surface area contributed by atoms with E-state index in [-0.39, 0.29) is 0 Å². The molecule has 1 fully saturated rings. The number of rotatable bonds is 4. The van der Waals surface area contributed by atoms with E-state index in [1.807, 2.05) is 4.68 Å². The molecule has 1 aliphatic heterocycles. The molecule has 2 rings (SSSR count). The fraction of sp³-hybridized carbons (Fsp3) is 0.818. The van der Waals surface area contributed by atoms with Crippen LogP contribution in [0.1, 0.15) is 32.0 Å². The number of piperidine rings is 1. The Morgan fingerprint density at radius 2 is 2.50 bits per heavy atom. The molecule has 2 N–H and O–H groups in total. The molecule has 0 radical (unpaired) electrons. The molecule has 1 aliphatic rings. The van der Waals surface area contributed by atoms with E-state index in [9.17, 15) is 5.11 Å². The van der Waals surface area contributed by atoms with Gasteiger partial charge in [0.05, 0.1) is 5.60 Å². The van der Waals surface area contributed by atoms with Crippen LogP contribution in [-0.2, 0) is 13.0 Å². The van der Waals surface area contributed by atoms with Crippen molar-refractivity contribution < 1.29 is 5.11 Å². The minimum atomic E-state index is -0.642. The summed E-state index contributed by atoms with van der Waals surface area (Å²) in [4.78, 5) is 4.24. The number of hydrogen-bond donors (Lipinski definition) is 2. The Balaban J connectivity index is 2.04. The van der Waals surface area contributed by atoms with Gasteiger partial charge in [0.1, 0.15) is 12.2 Å². The zero-order valence-electron chi connectivity index (χ0n) is 9.82. The first-order valence-corrected chi connectivity index (χ1v) is 6.03. The maximum atomic E-state index is 10.4. The molecule has 0 aromatic carbocycles. The van der Waals surface area contributed by atoms with Gasteiger partial charge in [0.25, 0.3) is 0 Å². The summed E-state index contributed by atoms with van der Waals surface area (Å²) >= 11 is 0.